The summed E-state index contributed by atoms with van der Waals surface area (Å²) in [6, 6.07) is 17.6. The topological polar surface area (TPSA) is 3.24 Å². The lowest BCUT2D eigenvalue weighted by molar-refractivity contribution is 0.633. The van der Waals surface area contributed by atoms with Gasteiger partial charge >= 0.3 is 0 Å². The second kappa shape index (κ2) is 10.1. The molecule has 0 aromatic heterocycles. The zero-order valence-electron chi connectivity index (χ0n) is 23.4. The first-order chi connectivity index (χ1) is 17.1. The Morgan fingerprint density at radius 3 is 2.44 bits per heavy atom. The third kappa shape index (κ3) is 4.69. The monoisotopic (exact) mass is 477 g/mol. The van der Waals surface area contributed by atoms with Gasteiger partial charge in [-0.15, -0.1) is 0 Å². The maximum Gasteiger partial charge on any atom is 0.0447 e. The number of rotatable bonds is 6. The number of hydrogen-bond acceptors (Lipinski definition) is 1. The van der Waals surface area contributed by atoms with E-state index in [1.54, 1.807) is 0 Å². The van der Waals surface area contributed by atoms with Crippen molar-refractivity contribution in [2.75, 3.05) is 11.9 Å². The largest absolute Gasteiger partial charge is 0.347 e. The summed E-state index contributed by atoms with van der Waals surface area (Å²) in [5.74, 6) is 0. The quantitative estimate of drug-likeness (QED) is 0.375. The lowest BCUT2D eigenvalue weighted by Crippen LogP contribution is -2.22. The Kier molecular flexibility index (Phi) is 7.32. The van der Waals surface area contributed by atoms with Crippen LogP contribution in [0, 0.1) is 0 Å². The summed E-state index contributed by atoms with van der Waals surface area (Å²) in [6.45, 7) is 18.3. The van der Waals surface area contributed by atoms with E-state index in [1.165, 1.54) is 51.2 Å². The number of para-hydroxylation sites is 1. The molecular weight excluding hydrogens is 434 g/mol. The van der Waals surface area contributed by atoms with Gasteiger partial charge in [-0.1, -0.05) is 102 Å². The van der Waals surface area contributed by atoms with E-state index in [2.05, 4.69) is 133 Å². The SMILES string of the molecule is C=C(/C=C/C1=C(C)C(=C/C=C2/N(C)c3ccccc3C2(C)C)/CCC1)C(C)(C)c1ccccc1CC. The van der Waals surface area contributed by atoms with Crippen molar-refractivity contribution >= 4 is 5.69 Å². The van der Waals surface area contributed by atoms with Crippen LogP contribution >= 0.6 is 0 Å². The Balaban J connectivity index is 1.59. The molecule has 1 aliphatic carbocycles. The van der Waals surface area contributed by atoms with Gasteiger partial charge in [0.15, 0.2) is 0 Å². The lowest BCUT2D eigenvalue weighted by atomic mass is 9.75. The smallest absolute Gasteiger partial charge is 0.0447 e. The van der Waals surface area contributed by atoms with Gasteiger partial charge in [-0.3, -0.25) is 0 Å². The van der Waals surface area contributed by atoms with Crippen LogP contribution in [-0.4, -0.2) is 7.05 Å². The second-order valence-electron chi connectivity index (χ2n) is 11.4. The molecule has 0 saturated carbocycles. The Hall–Kier alpha value is -3.06. The zero-order chi connectivity index (χ0) is 26.1. The van der Waals surface area contributed by atoms with Gasteiger partial charge in [0.05, 0.1) is 0 Å². The highest BCUT2D eigenvalue weighted by Crippen LogP contribution is 2.46. The summed E-state index contributed by atoms with van der Waals surface area (Å²) >= 11 is 0. The molecule has 2 aromatic carbocycles. The van der Waals surface area contributed by atoms with Gasteiger partial charge in [0, 0.05) is 29.3 Å². The standard InChI is InChI=1S/C35H43N/c1-9-27-15-10-11-18-30(27)34(4,5)25(2)21-22-28-16-14-17-29(26(28)3)23-24-33-35(6,7)31-19-12-13-20-32(31)36(33)8/h10-13,15,18-24H,2,9,14,16-17H2,1,3-8H3/b22-21+,29-23+,33-24+. The average Bonchev–Trinajstić information content (AvgIpc) is 3.07. The first kappa shape index (κ1) is 26.0. The summed E-state index contributed by atoms with van der Waals surface area (Å²) in [4.78, 5) is 2.36. The zero-order valence-corrected chi connectivity index (χ0v) is 23.4. The maximum atomic E-state index is 4.50. The molecule has 1 heterocycles. The maximum absolute atomic E-state index is 4.50. The molecule has 0 amide bonds. The van der Waals surface area contributed by atoms with Crippen molar-refractivity contribution in [2.45, 2.75) is 78.1 Å². The third-order valence-corrected chi connectivity index (χ3v) is 8.60. The molecule has 0 saturated heterocycles. The van der Waals surface area contributed by atoms with Crippen molar-refractivity contribution in [1.82, 2.24) is 0 Å². The van der Waals surface area contributed by atoms with Crippen molar-refractivity contribution in [1.29, 1.82) is 0 Å². The molecule has 36 heavy (non-hydrogen) atoms. The van der Waals surface area contributed by atoms with E-state index in [0.29, 0.717) is 0 Å². The summed E-state index contributed by atoms with van der Waals surface area (Å²) in [6.07, 6.45) is 13.8. The van der Waals surface area contributed by atoms with Crippen LogP contribution < -0.4 is 4.90 Å². The minimum absolute atomic E-state index is 0.00945. The Bertz CT molecular complexity index is 1280. The number of benzene rings is 2. The molecule has 188 valence electrons. The average molecular weight is 478 g/mol. The second-order valence-corrected chi connectivity index (χ2v) is 11.4. The molecule has 0 unspecified atom stereocenters. The van der Waals surface area contributed by atoms with Crippen LogP contribution in [0.25, 0.3) is 0 Å². The Morgan fingerprint density at radius 1 is 1.03 bits per heavy atom. The van der Waals surface area contributed by atoms with Gasteiger partial charge < -0.3 is 4.90 Å². The van der Waals surface area contributed by atoms with Crippen LogP contribution in [-0.2, 0) is 17.3 Å². The third-order valence-electron chi connectivity index (χ3n) is 8.60. The molecule has 1 heteroatoms. The molecule has 0 N–H and O–H groups in total. The van der Waals surface area contributed by atoms with Crippen molar-refractivity contribution in [2.24, 2.45) is 0 Å². The van der Waals surface area contributed by atoms with Gasteiger partial charge in [0.25, 0.3) is 0 Å². The number of allylic oxidation sites excluding steroid dienone is 9. The number of likely N-dealkylation sites (N-methyl/N-ethyl adjacent to an activating group) is 1. The number of hydrogen-bond donors (Lipinski definition) is 0. The fourth-order valence-electron chi connectivity index (χ4n) is 5.97. The van der Waals surface area contributed by atoms with Gasteiger partial charge in [-0.2, -0.15) is 0 Å². The highest BCUT2D eigenvalue weighted by Gasteiger charge is 2.37. The molecular formula is C35H43N. The van der Waals surface area contributed by atoms with Gasteiger partial charge in [0.2, 0.25) is 0 Å². The fraction of sp³-hybridized carbons (Fsp3) is 0.371. The molecule has 1 nitrogen and oxygen atoms in total. The normalized spacial score (nSPS) is 20.0. The van der Waals surface area contributed by atoms with Crippen molar-refractivity contribution < 1.29 is 0 Å². The summed E-state index contributed by atoms with van der Waals surface area (Å²) in [5, 5.41) is 0. The highest BCUT2D eigenvalue weighted by molar-refractivity contribution is 5.70. The molecule has 2 aromatic rings. The van der Waals surface area contributed by atoms with Crippen molar-refractivity contribution in [3.05, 3.63) is 124 Å². The van der Waals surface area contributed by atoms with Gasteiger partial charge in [0.1, 0.15) is 0 Å². The predicted molar refractivity (Wildman–Crippen MR) is 158 cm³/mol. The van der Waals surface area contributed by atoms with Gasteiger partial charge in [-0.25, -0.2) is 0 Å². The van der Waals surface area contributed by atoms with Crippen LogP contribution in [0.2, 0.25) is 0 Å². The first-order valence-corrected chi connectivity index (χ1v) is 13.5. The molecule has 1 aliphatic heterocycles. The number of aryl methyl sites for hydroxylation is 1. The number of nitrogens with zero attached hydrogens (tertiary/aromatic N) is 1. The molecule has 2 aliphatic rings. The fourth-order valence-corrected chi connectivity index (χ4v) is 5.97. The molecule has 0 radical (unpaired) electrons. The van der Waals surface area contributed by atoms with Crippen LogP contribution in [0.1, 0.15) is 77.5 Å². The predicted octanol–water partition coefficient (Wildman–Crippen LogP) is 9.38. The summed E-state index contributed by atoms with van der Waals surface area (Å²) in [7, 11) is 2.19. The van der Waals surface area contributed by atoms with Crippen LogP contribution in [0.15, 0.2) is 107 Å². The number of anilines is 1. The van der Waals surface area contributed by atoms with E-state index in [9.17, 15) is 0 Å². The Labute approximate surface area is 219 Å². The van der Waals surface area contributed by atoms with Crippen LogP contribution in [0.4, 0.5) is 5.69 Å². The van der Waals surface area contributed by atoms with Crippen LogP contribution in [0.3, 0.4) is 0 Å². The van der Waals surface area contributed by atoms with Crippen LogP contribution in [0.5, 0.6) is 0 Å². The first-order valence-electron chi connectivity index (χ1n) is 13.5. The van der Waals surface area contributed by atoms with E-state index in [4.69, 9.17) is 0 Å². The Morgan fingerprint density at radius 2 is 1.72 bits per heavy atom. The van der Waals surface area contributed by atoms with Crippen molar-refractivity contribution in [3.63, 3.8) is 0 Å². The highest BCUT2D eigenvalue weighted by atomic mass is 15.2. The van der Waals surface area contributed by atoms with E-state index >= 15 is 0 Å². The summed E-state index contributed by atoms with van der Waals surface area (Å²) in [5.41, 5.74) is 12.3. The van der Waals surface area contributed by atoms with Crippen molar-refractivity contribution in [3.8, 4) is 0 Å². The minimum atomic E-state index is -0.0943. The lowest BCUT2D eigenvalue weighted by Gasteiger charge is -2.29. The summed E-state index contributed by atoms with van der Waals surface area (Å²) < 4.78 is 0. The van der Waals surface area contributed by atoms with Gasteiger partial charge in [-0.05, 0) is 83.7 Å². The molecule has 0 bridgehead atoms. The van der Waals surface area contributed by atoms with E-state index < -0.39 is 0 Å². The molecule has 0 spiro atoms. The molecule has 4 rings (SSSR count). The van der Waals surface area contributed by atoms with E-state index in [1.807, 2.05) is 0 Å². The van der Waals surface area contributed by atoms with E-state index in [-0.39, 0.29) is 10.8 Å². The minimum Gasteiger partial charge on any atom is -0.347 e. The van der Waals surface area contributed by atoms with E-state index in [0.717, 1.165) is 24.8 Å². The molecule has 0 fully saturated rings. The molecule has 0 atom stereocenters. The number of fused-ring (bicyclic) bond motifs is 1.